The minimum Gasteiger partial charge on any atom is -0.382 e. The molecule has 3 atom stereocenters. The summed E-state index contributed by atoms with van der Waals surface area (Å²) in [6.07, 6.45) is 8.24. The van der Waals surface area contributed by atoms with Crippen LogP contribution in [0.1, 0.15) is 44.1 Å². The molecule has 2 nitrogen and oxygen atoms in total. The predicted molar refractivity (Wildman–Crippen MR) is 81.6 cm³/mol. The molecule has 2 N–H and O–H groups in total. The molecule has 3 rings (SSSR count). The molecule has 104 valence electrons. The number of nitrogens with one attached hydrogen (secondary N) is 2. The summed E-state index contributed by atoms with van der Waals surface area (Å²) in [5.41, 5.74) is 2.70. The van der Waals surface area contributed by atoms with Gasteiger partial charge in [-0.1, -0.05) is 31.0 Å². The number of benzene rings is 1. The van der Waals surface area contributed by atoms with E-state index in [0.717, 1.165) is 12.0 Å². The molecule has 1 aromatic rings. The van der Waals surface area contributed by atoms with Crippen LogP contribution in [0, 0.1) is 12.8 Å². The van der Waals surface area contributed by atoms with Crippen LogP contribution in [-0.4, -0.2) is 18.6 Å². The van der Waals surface area contributed by atoms with Crippen molar-refractivity contribution < 1.29 is 0 Å². The Labute approximate surface area is 117 Å². The molecule has 3 unspecified atom stereocenters. The van der Waals surface area contributed by atoms with Gasteiger partial charge in [-0.25, -0.2) is 0 Å². The molecular formula is C17H26N2. The van der Waals surface area contributed by atoms with Gasteiger partial charge in [0.2, 0.25) is 0 Å². The summed E-state index contributed by atoms with van der Waals surface area (Å²) in [6, 6.07) is 10.1. The van der Waals surface area contributed by atoms with E-state index in [0.29, 0.717) is 6.04 Å². The van der Waals surface area contributed by atoms with Crippen LogP contribution in [0.5, 0.6) is 0 Å². The van der Waals surface area contributed by atoms with Crippen molar-refractivity contribution in [2.24, 2.45) is 5.92 Å². The highest BCUT2D eigenvalue weighted by Gasteiger charge is 2.33. The van der Waals surface area contributed by atoms with Gasteiger partial charge in [-0.2, -0.15) is 0 Å². The third kappa shape index (κ3) is 2.94. The van der Waals surface area contributed by atoms with Crippen molar-refractivity contribution in [2.75, 3.05) is 11.9 Å². The second kappa shape index (κ2) is 5.96. The number of hydrogen-bond acceptors (Lipinski definition) is 2. The molecule has 0 aromatic heterocycles. The van der Waals surface area contributed by atoms with Crippen molar-refractivity contribution in [3.8, 4) is 0 Å². The zero-order valence-corrected chi connectivity index (χ0v) is 12.0. The van der Waals surface area contributed by atoms with Crippen molar-refractivity contribution >= 4 is 5.69 Å². The van der Waals surface area contributed by atoms with Gasteiger partial charge in [-0.15, -0.1) is 0 Å². The van der Waals surface area contributed by atoms with Gasteiger partial charge < -0.3 is 10.6 Å². The van der Waals surface area contributed by atoms with Gasteiger partial charge in [0.1, 0.15) is 0 Å². The standard InChI is InChI=1S/C17H26N2/c1-13-7-2-4-9-15(13)19-17-10-5-3-8-14(17)16-11-6-12-18-16/h2,4,7,9,14,16-19H,3,5-6,8,10-12H2,1H3. The van der Waals surface area contributed by atoms with Crippen LogP contribution in [0.4, 0.5) is 5.69 Å². The molecular weight excluding hydrogens is 232 g/mol. The molecule has 0 radical (unpaired) electrons. The van der Waals surface area contributed by atoms with E-state index in [4.69, 9.17) is 0 Å². The average Bonchev–Trinajstić information content (AvgIpc) is 2.96. The molecule has 1 heterocycles. The topological polar surface area (TPSA) is 24.1 Å². The number of hydrogen-bond donors (Lipinski definition) is 2. The van der Waals surface area contributed by atoms with Gasteiger partial charge >= 0.3 is 0 Å². The lowest BCUT2D eigenvalue weighted by Crippen LogP contribution is -2.43. The monoisotopic (exact) mass is 258 g/mol. The van der Waals surface area contributed by atoms with E-state index < -0.39 is 0 Å². The molecule has 0 amide bonds. The summed E-state index contributed by atoms with van der Waals surface area (Å²) < 4.78 is 0. The quantitative estimate of drug-likeness (QED) is 0.863. The Morgan fingerprint density at radius 3 is 2.68 bits per heavy atom. The molecule has 2 aliphatic rings. The first-order valence-corrected chi connectivity index (χ1v) is 7.90. The normalized spacial score (nSPS) is 31.3. The van der Waals surface area contributed by atoms with Crippen LogP contribution >= 0.6 is 0 Å². The van der Waals surface area contributed by atoms with Crippen LogP contribution in [0.3, 0.4) is 0 Å². The molecule has 2 fully saturated rings. The summed E-state index contributed by atoms with van der Waals surface area (Å²) in [5.74, 6) is 0.816. The third-order valence-electron chi connectivity index (χ3n) is 4.92. The summed E-state index contributed by atoms with van der Waals surface area (Å²) in [7, 11) is 0. The maximum Gasteiger partial charge on any atom is 0.0372 e. The lowest BCUT2D eigenvalue weighted by molar-refractivity contribution is 0.262. The first kappa shape index (κ1) is 13.0. The van der Waals surface area contributed by atoms with Crippen LogP contribution in [0.2, 0.25) is 0 Å². The summed E-state index contributed by atoms with van der Waals surface area (Å²) in [5, 5.41) is 7.55. The molecule has 0 bridgehead atoms. The summed E-state index contributed by atoms with van der Waals surface area (Å²) in [6.45, 7) is 3.42. The van der Waals surface area contributed by atoms with Crippen molar-refractivity contribution in [3.63, 3.8) is 0 Å². The van der Waals surface area contributed by atoms with Gasteiger partial charge in [0.25, 0.3) is 0 Å². The minimum absolute atomic E-state index is 0.658. The number of anilines is 1. The Bertz CT molecular complexity index is 409. The third-order valence-corrected chi connectivity index (χ3v) is 4.92. The number of para-hydroxylation sites is 1. The lowest BCUT2D eigenvalue weighted by atomic mass is 9.79. The fourth-order valence-corrected chi connectivity index (χ4v) is 3.83. The van der Waals surface area contributed by atoms with E-state index in [1.807, 2.05) is 0 Å². The first-order chi connectivity index (χ1) is 9.34. The van der Waals surface area contributed by atoms with Crippen molar-refractivity contribution in [3.05, 3.63) is 29.8 Å². The van der Waals surface area contributed by atoms with Crippen LogP contribution in [-0.2, 0) is 0 Å². The Kier molecular flexibility index (Phi) is 4.07. The maximum atomic E-state index is 3.84. The molecule has 1 saturated heterocycles. The largest absolute Gasteiger partial charge is 0.382 e. The second-order valence-corrected chi connectivity index (χ2v) is 6.22. The highest BCUT2D eigenvalue weighted by atomic mass is 15.0. The molecule has 0 spiro atoms. The van der Waals surface area contributed by atoms with Gasteiger partial charge in [0.05, 0.1) is 0 Å². The molecule has 2 heteroatoms. The number of aryl methyl sites for hydroxylation is 1. The zero-order valence-electron chi connectivity index (χ0n) is 12.0. The first-order valence-electron chi connectivity index (χ1n) is 7.90. The fourth-order valence-electron chi connectivity index (χ4n) is 3.83. The van der Waals surface area contributed by atoms with E-state index in [9.17, 15) is 0 Å². The average molecular weight is 258 g/mol. The van der Waals surface area contributed by atoms with Gasteiger partial charge in [0, 0.05) is 17.8 Å². The Balaban J connectivity index is 1.71. The minimum atomic E-state index is 0.658. The van der Waals surface area contributed by atoms with Crippen LogP contribution in [0.15, 0.2) is 24.3 Å². The van der Waals surface area contributed by atoms with E-state index in [1.54, 1.807) is 0 Å². The van der Waals surface area contributed by atoms with Crippen molar-refractivity contribution in [1.29, 1.82) is 0 Å². The molecule has 19 heavy (non-hydrogen) atoms. The molecule has 1 aliphatic carbocycles. The Morgan fingerprint density at radius 2 is 1.89 bits per heavy atom. The predicted octanol–water partition coefficient (Wildman–Crippen LogP) is 3.72. The van der Waals surface area contributed by atoms with Crippen molar-refractivity contribution in [2.45, 2.75) is 57.5 Å². The lowest BCUT2D eigenvalue weighted by Gasteiger charge is -2.37. The van der Waals surface area contributed by atoms with Crippen LogP contribution < -0.4 is 10.6 Å². The smallest absolute Gasteiger partial charge is 0.0372 e. The van der Waals surface area contributed by atoms with E-state index in [1.165, 1.54) is 56.3 Å². The number of rotatable bonds is 3. The highest BCUT2D eigenvalue weighted by molar-refractivity contribution is 5.51. The molecule has 1 aliphatic heterocycles. The van der Waals surface area contributed by atoms with Gasteiger partial charge in [0.15, 0.2) is 0 Å². The van der Waals surface area contributed by atoms with Gasteiger partial charge in [-0.3, -0.25) is 0 Å². The zero-order chi connectivity index (χ0) is 13.1. The molecule has 1 saturated carbocycles. The van der Waals surface area contributed by atoms with E-state index in [2.05, 4.69) is 41.8 Å². The van der Waals surface area contributed by atoms with Crippen molar-refractivity contribution in [1.82, 2.24) is 5.32 Å². The van der Waals surface area contributed by atoms with E-state index >= 15 is 0 Å². The highest BCUT2D eigenvalue weighted by Crippen LogP contribution is 2.33. The van der Waals surface area contributed by atoms with Crippen LogP contribution in [0.25, 0.3) is 0 Å². The SMILES string of the molecule is Cc1ccccc1NC1CCCCC1C1CCCN1. The summed E-state index contributed by atoms with van der Waals surface area (Å²) >= 11 is 0. The van der Waals surface area contributed by atoms with Gasteiger partial charge in [-0.05, 0) is 56.7 Å². The van der Waals surface area contributed by atoms with E-state index in [-0.39, 0.29) is 0 Å². The molecule has 1 aromatic carbocycles. The Morgan fingerprint density at radius 1 is 1.05 bits per heavy atom. The Hall–Kier alpha value is -1.02. The second-order valence-electron chi connectivity index (χ2n) is 6.22. The maximum absolute atomic E-state index is 3.84. The summed E-state index contributed by atoms with van der Waals surface area (Å²) in [4.78, 5) is 0. The fraction of sp³-hybridized carbons (Fsp3) is 0.647.